The molecule has 0 bridgehead atoms. The van der Waals surface area contributed by atoms with Gasteiger partial charge in [-0.3, -0.25) is 0 Å². The molecule has 0 fully saturated rings. The first kappa shape index (κ1) is 19.9. The minimum atomic E-state index is -2.85. The first-order valence-electron chi connectivity index (χ1n) is 11.9. The molecular formula is C31H27NOP+. The van der Waals surface area contributed by atoms with Crippen molar-refractivity contribution in [1.29, 1.82) is 0 Å². The summed E-state index contributed by atoms with van der Waals surface area (Å²) in [6.45, 7) is 6.51. The third-order valence-electron chi connectivity index (χ3n) is 8.22. The van der Waals surface area contributed by atoms with E-state index in [0.29, 0.717) is 0 Å². The van der Waals surface area contributed by atoms with Crippen molar-refractivity contribution < 1.29 is 9.07 Å². The molecule has 7 rings (SSSR count). The van der Waals surface area contributed by atoms with Crippen molar-refractivity contribution in [2.45, 2.75) is 13.3 Å². The van der Waals surface area contributed by atoms with Gasteiger partial charge in [-0.25, -0.2) is 0 Å². The van der Waals surface area contributed by atoms with E-state index in [2.05, 4.69) is 116 Å². The van der Waals surface area contributed by atoms with Crippen molar-refractivity contribution in [2.75, 3.05) is 12.8 Å². The average molecular weight is 461 g/mol. The van der Waals surface area contributed by atoms with Crippen LogP contribution < -0.4 is 19.7 Å². The van der Waals surface area contributed by atoms with Crippen LogP contribution in [-0.2, 0) is 0 Å². The zero-order valence-electron chi connectivity index (χ0n) is 19.6. The molecule has 1 spiro atoms. The van der Waals surface area contributed by atoms with E-state index in [1.165, 1.54) is 49.7 Å². The molecule has 34 heavy (non-hydrogen) atoms. The molecule has 0 amide bonds. The topological polar surface area (TPSA) is 13.1 Å². The van der Waals surface area contributed by atoms with Gasteiger partial charge < -0.3 is 0 Å². The summed E-state index contributed by atoms with van der Waals surface area (Å²) in [5, 5.41) is 2.78. The van der Waals surface area contributed by atoms with Crippen LogP contribution in [0.15, 0.2) is 97.2 Å². The van der Waals surface area contributed by atoms with E-state index in [4.69, 9.17) is 4.74 Å². The van der Waals surface area contributed by atoms with Crippen LogP contribution in [0.1, 0.15) is 23.1 Å². The number of rotatable bonds is 1. The van der Waals surface area contributed by atoms with Crippen molar-refractivity contribution in [2.24, 2.45) is 0 Å². The first-order valence-corrected chi connectivity index (χ1v) is 14.8. The normalized spacial score (nSPS) is 20.2. The summed E-state index contributed by atoms with van der Waals surface area (Å²) in [5.74, 6) is 2.01. The first-order chi connectivity index (χ1) is 16.5. The van der Waals surface area contributed by atoms with Gasteiger partial charge >= 0.3 is 201 Å². The number of aryl methyl sites for hydroxylation is 1. The molecule has 4 heterocycles. The zero-order valence-corrected chi connectivity index (χ0v) is 20.5. The van der Waals surface area contributed by atoms with Crippen LogP contribution in [-0.4, -0.2) is 12.8 Å². The van der Waals surface area contributed by atoms with E-state index in [1.54, 1.807) is 0 Å². The Kier molecular flexibility index (Phi) is 3.84. The van der Waals surface area contributed by atoms with Crippen molar-refractivity contribution in [1.82, 2.24) is 0 Å². The molecule has 1 aromatic heterocycles. The van der Waals surface area contributed by atoms with Crippen LogP contribution in [0, 0.1) is 6.92 Å². The molecule has 4 aromatic rings. The van der Waals surface area contributed by atoms with Crippen molar-refractivity contribution in [3.8, 4) is 22.8 Å². The summed E-state index contributed by atoms with van der Waals surface area (Å²) < 4.78 is 9.32. The fourth-order valence-electron chi connectivity index (χ4n) is 6.57. The Balaban J connectivity index is 1.64. The van der Waals surface area contributed by atoms with Crippen LogP contribution in [0.3, 0.4) is 0 Å². The summed E-state index contributed by atoms with van der Waals surface area (Å²) in [5.41, 5.74) is 8.85. The van der Waals surface area contributed by atoms with Crippen LogP contribution in [0.25, 0.3) is 22.9 Å². The van der Waals surface area contributed by atoms with Crippen molar-refractivity contribution in [3.63, 3.8) is 0 Å². The standard InChI is InChI=1S/C31H27NOP/c1-21-10-4-5-11-23(21)20-26-22(2)17-19-34(3)30-24(26)12-8-15-28(30)33-29-16-9-13-25(31(29)34)27-14-6-7-18-32(27)34/h4-16,18,20H,2,17,19H2,1,3H3/q+1/b26-20+. The van der Waals surface area contributed by atoms with Gasteiger partial charge in [0.25, 0.3) is 0 Å². The summed E-state index contributed by atoms with van der Waals surface area (Å²) in [7, 11) is 0. The predicted molar refractivity (Wildman–Crippen MR) is 144 cm³/mol. The molecule has 0 radical (unpaired) electrons. The van der Waals surface area contributed by atoms with E-state index in [9.17, 15) is 0 Å². The predicted octanol–water partition coefficient (Wildman–Crippen LogP) is 6.47. The van der Waals surface area contributed by atoms with Gasteiger partial charge in [0.2, 0.25) is 0 Å². The van der Waals surface area contributed by atoms with Gasteiger partial charge in [0.05, 0.1) is 0 Å². The third kappa shape index (κ3) is 2.27. The van der Waals surface area contributed by atoms with E-state index in [1.807, 2.05) is 0 Å². The maximum absolute atomic E-state index is 6.68. The van der Waals surface area contributed by atoms with E-state index >= 15 is 0 Å². The molecule has 0 saturated heterocycles. The number of ether oxygens (including phenoxy) is 1. The van der Waals surface area contributed by atoms with Crippen LogP contribution >= 0.6 is 6.75 Å². The number of pyridine rings is 1. The van der Waals surface area contributed by atoms with Gasteiger partial charge in [0.1, 0.15) is 0 Å². The fraction of sp³-hybridized carbons (Fsp3) is 0.129. The van der Waals surface area contributed by atoms with Crippen molar-refractivity contribution in [3.05, 3.63) is 114 Å². The third-order valence-corrected chi connectivity index (χ3v) is 14.4. The minimum absolute atomic E-state index is 0.954. The molecule has 166 valence electrons. The summed E-state index contributed by atoms with van der Waals surface area (Å²) in [6.07, 6.45) is 6.65. The van der Waals surface area contributed by atoms with Gasteiger partial charge in [-0.15, -0.1) is 0 Å². The van der Waals surface area contributed by atoms with Gasteiger partial charge in [-0.2, -0.15) is 0 Å². The van der Waals surface area contributed by atoms with Crippen LogP contribution in [0.5, 0.6) is 11.5 Å². The molecular weight excluding hydrogens is 433 g/mol. The Bertz CT molecular complexity index is 1600. The average Bonchev–Trinajstić information content (AvgIpc) is 3.04. The summed E-state index contributed by atoms with van der Waals surface area (Å²) in [4.78, 5) is 0. The SMILES string of the molecule is C=C1CCP23(C)c4c(cccc4/C1=C/c1ccccc1C)Oc1cccc(c12)-c1cccc[n+]13. The molecule has 0 aliphatic carbocycles. The molecule has 2 nitrogen and oxygen atoms in total. The molecule has 3 aliphatic heterocycles. The molecule has 0 N–H and O–H groups in total. The Hall–Kier alpha value is -3.48. The number of aromatic nitrogens is 1. The van der Waals surface area contributed by atoms with Gasteiger partial charge in [-0.05, 0) is 0 Å². The second-order valence-corrected chi connectivity index (χ2v) is 15.3. The second-order valence-electron chi connectivity index (χ2n) is 10.1. The molecule has 0 saturated carbocycles. The quantitative estimate of drug-likeness (QED) is 0.297. The number of hydrogen-bond acceptors (Lipinski definition) is 1. The number of fused-ring (bicyclic) bond motifs is 2. The number of benzene rings is 3. The van der Waals surface area contributed by atoms with Gasteiger partial charge in [0.15, 0.2) is 0 Å². The molecule has 0 atom stereocenters. The van der Waals surface area contributed by atoms with E-state index in [0.717, 1.165) is 24.1 Å². The Morgan fingerprint density at radius 1 is 0.853 bits per heavy atom. The fourth-order valence-corrected chi connectivity index (χ4v) is 13.0. The maximum atomic E-state index is 6.68. The van der Waals surface area contributed by atoms with E-state index < -0.39 is 6.75 Å². The molecule has 3 aliphatic rings. The molecule has 3 heteroatoms. The summed E-state index contributed by atoms with van der Waals surface area (Å²) >= 11 is 0. The Morgan fingerprint density at radius 3 is 2.35 bits per heavy atom. The Labute approximate surface area is 200 Å². The number of allylic oxidation sites excluding steroid dienone is 2. The monoisotopic (exact) mass is 460 g/mol. The number of nitrogens with zero attached hydrogens (tertiary/aromatic N) is 1. The zero-order chi connectivity index (χ0) is 23.1. The van der Waals surface area contributed by atoms with Gasteiger partial charge in [-0.1, -0.05) is 0 Å². The Morgan fingerprint density at radius 2 is 1.56 bits per heavy atom. The summed E-state index contributed by atoms with van der Waals surface area (Å²) in [6, 6.07) is 28.4. The number of hydrogen-bond donors (Lipinski definition) is 0. The van der Waals surface area contributed by atoms with Crippen LogP contribution in [0.2, 0.25) is 0 Å². The molecule has 3 aromatic carbocycles. The molecule has 0 unspecified atom stereocenters. The van der Waals surface area contributed by atoms with Crippen LogP contribution in [0.4, 0.5) is 0 Å². The van der Waals surface area contributed by atoms with Gasteiger partial charge in [0, 0.05) is 0 Å². The van der Waals surface area contributed by atoms with Crippen molar-refractivity contribution >= 4 is 29.0 Å². The van der Waals surface area contributed by atoms with E-state index in [-0.39, 0.29) is 0 Å². The second kappa shape index (κ2) is 6.56.